The van der Waals surface area contributed by atoms with E-state index in [-0.39, 0.29) is 12.1 Å². The van der Waals surface area contributed by atoms with Crippen LogP contribution in [-0.2, 0) is 4.74 Å². The molecule has 1 amide bonds. The molecule has 4 heteroatoms. The third-order valence-electron chi connectivity index (χ3n) is 2.20. The lowest BCUT2D eigenvalue weighted by Gasteiger charge is -2.00. The van der Waals surface area contributed by atoms with Crippen molar-refractivity contribution in [2.45, 2.75) is 19.9 Å². The van der Waals surface area contributed by atoms with Crippen molar-refractivity contribution in [3.8, 4) is 0 Å². The molecule has 0 unspecified atom stereocenters. The Labute approximate surface area is 75.9 Å². The number of amides is 1. The number of alkyl carbamates (subject to hydrolysis) is 1. The molecule has 1 aliphatic heterocycles. The van der Waals surface area contributed by atoms with Crippen molar-refractivity contribution in [2.24, 2.45) is 0 Å². The minimum absolute atomic E-state index is 0.125. The third-order valence-corrected chi connectivity index (χ3v) is 2.20. The van der Waals surface area contributed by atoms with Gasteiger partial charge in [-0.15, -0.1) is 0 Å². The van der Waals surface area contributed by atoms with Crippen molar-refractivity contribution in [3.05, 3.63) is 23.2 Å². The molecule has 1 saturated heterocycles. The summed E-state index contributed by atoms with van der Waals surface area (Å²) in [6.45, 7) is 4.22. The maximum Gasteiger partial charge on any atom is 0.407 e. The topological polar surface area (TPSA) is 51.5 Å². The Hall–Kier alpha value is -1.45. The van der Waals surface area contributed by atoms with Gasteiger partial charge in [0.1, 0.15) is 24.2 Å². The summed E-state index contributed by atoms with van der Waals surface area (Å²) in [7, 11) is 0. The van der Waals surface area contributed by atoms with Gasteiger partial charge in [0.25, 0.3) is 0 Å². The Morgan fingerprint density at radius 2 is 2.31 bits per heavy atom. The fourth-order valence-electron chi connectivity index (χ4n) is 1.31. The molecule has 0 saturated carbocycles. The van der Waals surface area contributed by atoms with Crippen LogP contribution in [-0.4, -0.2) is 12.7 Å². The number of hydrogen-bond donors (Lipinski definition) is 1. The molecule has 2 rings (SSSR count). The zero-order valence-corrected chi connectivity index (χ0v) is 7.59. The van der Waals surface area contributed by atoms with E-state index in [9.17, 15) is 4.79 Å². The molecule has 70 valence electrons. The lowest BCUT2D eigenvalue weighted by molar-refractivity contribution is 0.176. The average molecular weight is 181 g/mol. The summed E-state index contributed by atoms with van der Waals surface area (Å²) in [5.74, 6) is 1.65. The second-order valence-electron chi connectivity index (χ2n) is 3.18. The van der Waals surface area contributed by atoms with E-state index in [0.29, 0.717) is 6.61 Å². The van der Waals surface area contributed by atoms with Crippen LogP contribution in [0.15, 0.2) is 10.5 Å². The van der Waals surface area contributed by atoms with Gasteiger partial charge in [-0.25, -0.2) is 4.79 Å². The highest BCUT2D eigenvalue weighted by Gasteiger charge is 2.26. The van der Waals surface area contributed by atoms with Crippen LogP contribution in [0.1, 0.15) is 23.1 Å². The van der Waals surface area contributed by atoms with Crippen molar-refractivity contribution in [3.63, 3.8) is 0 Å². The molecule has 1 atom stereocenters. The van der Waals surface area contributed by atoms with Crippen LogP contribution in [0.4, 0.5) is 4.79 Å². The Morgan fingerprint density at radius 1 is 1.54 bits per heavy atom. The van der Waals surface area contributed by atoms with Crippen LogP contribution < -0.4 is 5.32 Å². The normalized spacial score (nSPS) is 21.4. The second kappa shape index (κ2) is 2.80. The minimum atomic E-state index is -0.378. The number of aryl methyl sites for hydroxylation is 2. The summed E-state index contributed by atoms with van der Waals surface area (Å²) < 4.78 is 10.2. The van der Waals surface area contributed by atoms with E-state index in [1.54, 1.807) is 0 Å². The van der Waals surface area contributed by atoms with Crippen LogP contribution in [0.5, 0.6) is 0 Å². The van der Waals surface area contributed by atoms with Crippen molar-refractivity contribution in [1.82, 2.24) is 5.32 Å². The molecule has 2 heterocycles. The number of carbonyl (C=O) groups is 1. The number of nitrogens with one attached hydrogen (secondary N) is 1. The van der Waals surface area contributed by atoms with E-state index >= 15 is 0 Å². The number of ether oxygens (including phenoxy) is 1. The first kappa shape index (κ1) is 8.16. The minimum Gasteiger partial charge on any atom is -0.464 e. The zero-order valence-electron chi connectivity index (χ0n) is 7.59. The van der Waals surface area contributed by atoms with E-state index in [0.717, 1.165) is 17.1 Å². The second-order valence-corrected chi connectivity index (χ2v) is 3.18. The molecule has 0 radical (unpaired) electrons. The van der Waals surface area contributed by atoms with Gasteiger partial charge in [0.15, 0.2) is 0 Å². The quantitative estimate of drug-likeness (QED) is 0.717. The fraction of sp³-hybridized carbons (Fsp3) is 0.444. The van der Waals surface area contributed by atoms with Crippen molar-refractivity contribution in [1.29, 1.82) is 0 Å². The first-order chi connectivity index (χ1) is 6.16. The standard InChI is InChI=1S/C9H11NO3/c1-5-3-8(13-6(5)2)7-4-12-9(11)10-7/h3,7H,4H2,1-2H3,(H,10,11)/t7-/m0/s1. The molecule has 0 aliphatic carbocycles. The van der Waals surface area contributed by atoms with Gasteiger partial charge in [-0.05, 0) is 25.5 Å². The van der Waals surface area contributed by atoms with Crippen LogP contribution in [0, 0.1) is 13.8 Å². The van der Waals surface area contributed by atoms with Crippen LogP contribution in [0.25, 0.3) is 0 Å². The first-order valence-electron chi connectivity index (χ1n) is 4.17. The molecule has 1 N–H and O–H groups in total. The maximum atomic E-state index is 10.7. The summed E-state index contributed by atoms with van der Waals surface area (Å²) in [6.07, 6.45) is -0.378. The SMILES string of the molecule is Cc1cc([C@@H]2COC(=O)N2)oc1C. The Kier molecular flexibility index (Phi) is 1.76. The van der Waals surface area contributed by atoms with Crippen molar-refractivity contribution < 1.29 is 13.9 Å². The van der Waals surface area contributed by atoms with Gasteiger partial charge in [0.05, 0.1) is 0 Å². The number of cyclic esters (lactones) is 1. The number of furan rings is 1. The summed E-state index contributed by atoms with van der Waals surface area (Å²) >= 11 is 0. The number of hydrogen-bond acceptors (Lipinski definition) is 3. The van der Waals surface area contributed by atoms with E-state index in [4.69, 9.17) is 9.15 Å². The molecule has 1 fully saturated rings. The monoisotopic (exact) mass is 181 g/mol. The Bertz CT molecular complexity index is 323. The Morgan fingerprint density at radius 3 is 2.77 bits per heavy atom. The largest absolute Gasteiger partial charge is 0.464 e. The van der Waals surface area contributed by atoms with Crippen molar-refractivity contribution >= 4 is 6.09 Å². The number of rotatable bonds is 1. The highest BCUT2D eigenvalue weighted by Crippen LogP contribution is 2.22. The molecular formula is C9H11NO3. The predicted octanol–water partition coefficient (Wildman–Crippen LogP) is 1.68. The van der Waals surface area contributed by atoms with Gasteiger partial charge in [-0.1, -0.05) is 0 Å². The van der Waals surface area contributed by atoms with E-state index in [1.807, 2.05) is 19.9 Å². The van der Waals surface area contributed by atoms with Gasteiger partial charge < -0.3 is 14.5 Å². The van der Waals surface area contributed by atoms with E-state index in [1.165, 1.54) is 0 Å². The molecule has 4 nitrogen and oxygen atoms in total. The van der Waals surface area contributed by atoms with Crippen LogP contribution >= 0.6 is 0 Å². The summed E-state index contributed by atoms with van der Waals surface area (Å²) in [5.41, 5.74) is 1.09. The third kappa shape index (κ3) is 1.39. The van der Waals surface area contributed by atoms with Gasteiger partial charge in [0, 0.05) is 0 Å². The smallest absolute Gasteiger partial charge is 0.407 e. The molecular weight excluding hydrogens is 170 g/mol. The fourth-order valence-corrected chi connectivity index (χ4v) is 1.31. The molecule has 0 aromatic carbocycles. The summed E-state index contributed by atoms with van der Waals surface area (Å²) in [4.78, 5) is 10.7. The molecule has 13 heavy (non-hydrogen) atoms. The highest BCUT2D eigenvalue weighted by molar-refractivity contribution is 5.69. The maximum absolute atomic E-state index is 10.7. The lowest BCUT2D eigenvalue weighted by atomic mass is 10.2. The van der Waals surface area contributed by atoms with Gasteiger partial charge in [-0.3, -0.25) is 0 Å². The van der Waals surface area contributed by atoms with E-state index < -0.39 is 0 Å². The molecule has 1 aliphatic rings. The van der Waals surface area contributed by atoms with Gasteiger partial charge in [0.2, 0.25) is 0 Å². The summed E-state index contributed by atoms with van der Waals surface area (Å²) in [6, 6.07) is 1.80. The van der Waals surface area contributed by atoms with Gasteiger partial charge >= 0.3 is 6.09 Å². The molecule has 1 aromatic heterocycles. The number of carbonyl (C=O) groups excluding carboxylic acids is 1. The average Bonchev–Trinajstić information content (AvgIpc) is 2.61. The molecule has 0 spiro atoms. The molecule has 1 aromatic rings. The van der Waals surface area contributed by atoms with Crippen molar-refractivity contribution in [2.75, 3.05) is 6.61 Å². The van der Waals surface area contributed by atoms with E-state index in [2.05, 4.69) is 5.32 Å². The summed E-state index contributed by atoms with van der Waals surface area (Å²) in [5, 5.41) is 2.66. The Balaban J connectivity index is 2.21. The van der Waals surface area contributed by atoms with Crippen LogP contribution in [0.2, 0.25) is 0 Å². The zero-order chi connectivity index (χ0) is 9.42. The van der Waals surface area contributed by atoms with Gasteiger partial charge in [-0.2, -0.15) is 0 Å². The van der Waals surface area contributed by atoms with Crippen LogP contribution in [0.3, 0.4) is 0 Å². The lowest BCUT2D eigenvalue weighted by Crippen LogP contribution is -2.17. The molecule has 0 bridgehead atoms. The predicted molar refractivity (Wildman–Crippen MR) is 45.4 cm³/mol. The first-order valence-corrected chi connectivity index (χ1v) is 4.17. The highest BCUT2D eigenvalue weighted by atomic mass is 16.6.